The van der Waals surface area contributed by atoms with Crippen molar-refractivity contribution in [1.82, 2.24) is 0 Å². The van der Waals surface area contributed by atoms with Crippen LogP contribution in [0.5, 0.6) is 0 Å². The second kappa shape index (κ2) is 6.29. The summed E-state index contributed by atoms with van der Waals surface area (Å²) in [6.07, 6.45) is 0. The molecule has 5 heteroatoms. The van der Waals surface area contributed by atoms with E-state index in [1.807, 2.05) is 6.07 Å². The molecule has 0 N–H and O–H groups in total. The Bertz CT molecular complexity index is 709. The van der Waals surface area contributed by atoms with Gasteiger partial charge in [0.15, 0.2) is 5.78 Å². The van der Waals surface area contributed by atoms with Gasteiger partial charge in [-0.2, -0.15) is 5.26 Å². The molecule has 100 valence electrons. The molecule has 2 aromatic rings. The van der Waals surface area contributed by atoms with Crippen LogP contribution in [0, 0.1) is 17.1 Å². The second-order valence-electron chi connectivity index (χ2n) is 4.07. The molecule has 0 amide bonds. The van der Waals surface area contributed by atoms with Gasteiger partial charge in [0.25, 0.3) is 0 Å². The number of carbonyl (C=O) groups is 1. The Hall–Kier alpha value is -1.51. The summed E-state index contributed by atoms with van der Waals surface area (Å²) in [6.45, 7) is 0. The van der Waals surface area contributed by atoms with E-state index in [1.54, 1.807) is 24.3 Å². The molecule has 0 saturated heterocycles. The van der Waals surface area contributed by atoms with Crippen LogP contribution in [-0.2, 0) is 0 Å². The molecule has 2 rings (SSSR count). The van der Waals surface area contributed by atoms with Crippen molar-refractivity contribution in [2.45, 2.75) is 5.92 Å². The summed E-state index contributed by atoms with van der Waals surface area (Å²) in [5, 5.41) is 9.27. The first kappa shape index (κ1) is 14.9. The van der Waals surface area contributed by atoms with E-state index in [-0.39, 0.29) is 5.56 Å². The van der Waals surface area contributed by atoms with E-state index in [0.717, 1.165) is 0 Å². The lowest BCUT2D eigenvalue weighted by Crippen LogP contribution is -2.13. The maximum atomic E-state index is 13.8. The van der Waals surface area contributed by atoms with Gasteiger partial charge in [-0.15, -0.1) is 0 Å². The molecule has 1 unspecified atom stereocenters. The highest BCUT2D eigenvalue weighted by molar-refractivity contribution is 9.10. The van der Waals surface area contributed by atoms with Crippen LogP contribution >= 0.6 is 31.9 Å². The zero-order chi connectivity index (χ0) is 14.7. The highest BCUT2D eigenvalue weighted by Crippen LogP contribution is 2.29. The van der Waals surface area contributed by atoms with E-state index in [9.17, 15) is 14.4 Å². The van der Waals surface area contributed by atoms with E-state index in [1.165, 1.54) is 18.2 Å². The third-order valence-corrected chi connectivity index (χ3v) is 4.02. The van der Waals surface area contributed by atoms with Crippen molar-refractivity contribution in [3.63, 3.8) is 0 Å². The standard InChI is InChI=1S/C15H8Br2FNO/c16-9-5-6-14(18)11(7-9)15(20)12(8-19)10-3-1-2-4-13(10)17/h1-7,12H. The SMILES string of the molecule is N#CC(C(=O)c1cc(Br)ccc1F)c1ccccc1Br. The minimum absolute atomic E-state index is 0.0957. The Kier molecular flexibility index (Phi) is 4.69. The first-order chi connectivity index (χ1) is 9.54. The molecule has 20 heavy (non-hydrogen) atoms. The van der Waals surface area contributed by atoms with Crippen molar-refractivity contribution in [3.05, 3.63) is 68.4 Å². The van der Waals surface area contributed by atoms with Crippen LogP contribution in [0.3, 0.4) is 0 Å². The molecule has 0 spiro atoms. The molecule has 2 aromatic carbocycles. The Morgan fingerprint density at radius 2 is 1.90 bits per heavy atom. The Labute approximate surface area is 132 Å². The van der Waals surface area contributed by atoms with Gasteiger partial charge in [-0.3, -0.25) is 4.79 Å². The van der Waals surface area contributed by atoms with Crippen molar-refractivity contribution in [2.75, 3.05) is 0 Å². The van der Waals surface area contributed by atoms with Gasteiger partial charge < -0.3 is 0 Å². The van der Waals surface area contributed by atoms with E-state index < -0.39 is 17.5 Å². The summed E-state index contributed by atoms with van der Waals surface area (Å²) in [6, 6.07) is 13.0. The van der Waals surface area contributed by atoms with Crippen molar-refractivity contribution >= 4 is 37.6 Å². The number of rotatable bonds is 3. The maximum Gasteiger partial charge on any atom is 0.187 e. The van der Waals surface area contributed by atoms with Crippen molar-refractivity contribution in [2.24, 2.45) is 0 Å². The van der Waals surface area contributed by atoms with Crippen LogP contribution in [0.25, 0.3) is 0 Å². The summed E-state index contributed by atoms with van der Waals surface area (Å²) >= 11 is 6.50. The number of ketones is 1. The lowest BCUT2D eigenvalue weighted by atomic mass is 9.91. The molecule has 0 aliphatic rings. The van der Waals surface area contributed by atoms with Gasteiger partial charge in [-0.1, -0.05) is 50.1 Å². The van der Waals surface area contributed by atoms with Gasteiger partial charge in [0.1, 0.15) is 11.7 Å². The number of nitrogens with zero attached hydrogens (tertiary/aromatic N) is 1. The Balaban J connectivity index is 2.48. The highest BCUT2D eigenvalue weighted by atomic mass is 79.9. The van der Waals surface area contributed by atoms with Gasteiger partial charge >= 0.3 is 0 Å². The normalized spacial score (nSPS) is 11.7. The molecule has 0 heterocycles. The van der Waals surface area contributed by atoms with Crippen LogP contribution in [-0.4, -0.2) is 5.78 Å². The van der Waals surface area contributed by atoms with Gasteiger partial charge in [-0.05, 0) is 29.8 Å². The fourth-order valence-electron chi connectivity index (χ4n) is 1.82. The smallest absolute Gasteiger partial charge is 0.187 e. The van der Waals surface area contributed by atoms with Gasteiger partial charge in [0.05, 0.1) is 11.6 Å². The molecular formula is C15H8Br2FNO. The van der Waals surface area contributed by atoms with Gasteiger partial charge in [0, 0.05) is 8.95 Å². The number of hydrogen-bond acceptors (Lipinski definition) is 2. The molecule has 0 aromatic heterocycles. The van der Waals surface area contributed by atoms with E-state index in [4.69, 9.17) is 0 Å². The largest absolute Gasteiger partial charge is 0.292 e. The van der Waals surface area contributed by atoms with Gasteiger partial charge in [-0.25, -0.2) is 4.39 Å². The second-order valence-corrected chi connectivity index (χ2v) is 5.84. The minimum atomic E-state index is -1.05. The molecule has 1 atom stereocenters. The molecule has 0 bridgehead atoms. The highest BCUT2D eigenvalue weighted by Gasteiger charge is 2.26. The first-order valence-corrected chi connectivity index (χ1v) is 7.26. The fourth-order valence-corrected chi connectivity index (χ4v) is 2.70. The molecule has 0 radical (unpaired) electrons. The minimum Gasteiger partial charge on any atom is -0.292 e. The summed E-state index contributed by atoms with van der Waals surface area (Å²) in [5.74, 6) is -2.24. The monoisotopic (exact) mass is 395 g/mol. The predicted molar refractivity (Wildman–Crippen MR) is 80.9 cm³/mol. The maximum absolute atomic E-state index is 13.8. The number of nitriles is 1. The van der Waals surface area contributed by atoms with Crippen molar-refractivity contribution in [1.29, 1.82) is 5.26 Å². The molecule has 0 aliphatic carbocycles. The topological polar surface area (TPSA) is 40.9 Å². The van der Waals surface area contributed by atoms with E-state index in [0.29, 0.717) is 14.5 Å². The van der Waals surface area contributed by atoms with Crippen LogP contribution in [0.4, 0.5) is 4.39 Å². The summed E-state index contributed by atoms with van der Waals surface area (Å²) in [5.41, 5.74) is 0.432. The lowest BCUT2D eigenvalue weighted by molar-refractivity contribution is 0.0974. The van der Waals surface area contributed by atoms with Crippen LogP contribution in [0.2, 0.25) is 0 Å². The number of carbonyl (C=O) groups excluding carboxylic acids is 1. The molecule has 0 fully saturated rings. The average Bonchev–Trinajstić information content (AvgIpc) is 2.44. The predicted octanol–water partition coefficient (Wildman–Crippen LogP) is 4.84. The van der Waals surface area contributed by atoms with Crippen LogP contribution in [0.1, 0.15) is 21.8 Å². The van der Waals surface area contributed by atoms with E-state index in [2.05, 4.69) is 31.9 Å². The van der Waals surface area contributed by atoms with Gasteiger partial charge in [0.2, 0.25) is 0 Å². The Morgan fingerprint density at radius 3 is 2.55 bits per heavy atom. The summed E-state index contributed by atoms with van der Waals surface area (Å²) < 4.78 is 15.0. The third kappa shape index (κ3) is 2.97. The first-order valence-electron chi connectivity index (χ1n) is 5.68. The molecular weight excluding hydrogens is 389 g/mol. The number of halogens is 3. The van der Waals surface area contributed by atoms with Crippen LogP contribution < -0.4 is 0 Å². The van der Waals surface area contributed by atoms with Crippen LogP contribution in [0.15, 0.2) is 51.4 Å². The third-order valence-electron chi connectivity index (χ3n) is 2.80. The molecule has 0 aliphatic heterocycles. The lowest BCUT2D eigenvalue weighted by Gasteiger charge is -2.11. The number of benzene rings is 2. The Morgan fingerprint density at radius 1 is 1.20 bits per heavy atom. The fraction of sp³-hybridized carbons (Fsp3) is 0.0667. The molecule has 0 saturated carbocycles. The number of hydrogen-bond donors (Lipinski definition) is 0. The van der Waals surface area contributed by atoms with Crippen molar-refractivity contribution < 1.29 is 9.18 Å². The number of Topliss-reactive ketones (excluding diaryl/α,β-unsaturated/α-hetero) is 1. The summed E-state index contributed by atoms with van der Waals surface area (Å²) in [7, 11) is 0. The summed E-state index contributed by atoms with van der Waals surface area (Å²) in [4.78, 5) is 12.4. The average molecular weight is 397 g/mol. The van der Waals surface area contributed by atoms with E-state index >= 15 is 0 Å². The quantitative estimate of drug-likeness (QED) is 0.696. The zero-order valence-corrected chi connectivity index (χ0v) is 13.3. The van der Waals surface area contributed by atoms with Crippen molar-refractivity contribution in [3.8, 4) is 6.07 Å². The zero-order valence-electron chi connectivity index (χ0n) is 10.1. The molecule has 2 nitrogen and oxygen atoms in total.